The number of anilines is 1. The van der Waals surface area contributed by atoms with Crippen LogP contribution in [0.4, 0.5) is 10.1 Å². The average Bonchev–Trinajstić information content (AvgIpc) is 3.31. The van der Waals surface area contributed by atoms with Gasteiger partial charge in [0.2, 0.25) is 5.91 Å². The van der Waals surface area contributed by atoms with E-state index in [2.05, 4.69) is 5.32 Å². The van der Waals surface area contributed by atoms with Crippen molar-refractivity contribution >= 4 is 11.6 Å². The summed E-state index contributed by atoms with van der Waals surface area (Å²) in [4.78, 5) is 12.8. The highest BCUT2D eigenvalue weighted by Crippen LogP contribution is 2.49. The number of nitrogens with one attached hydrogen (secondary N) is 1. The van der Waals surface area contributed by atoms with E-state index in [1.54, 1.807) is 12.1 Å². The first-order chi connectivity index (χ1) is 11.0. The molecule has 0 aliphatic heterocycles. The maximum Gasteiger partial charge on any atom is 0.235 e. The summed E-state index contributed by atoms with van der Waals surface area (Å²) in [6.07, 6.45) is 1.58. The Kier molecular flexibility index (Phi) is 4.07. The molecule has 2 aromatic rings. The molecule has 0 unspecified atom stereocenters. The first-order valence-corrected chi connectivity index (χ1v) is 7.84. The topological polar surface area (TPSA) is 38.3 Å². The van der Waals surface area contributed by atoms with Crippen LogP contribution < -0.4 is 10.1 Å². The number of para-hydroxylation sites is 2. The largest absolute Gasteiger partial charge is 0.489 e. The van der Waals surface area contributed by atoms with Crippen LogP contribution in [0.15, 0.2) is 48.5 Å². The third-order valence-electron chi connectivity index (χ3n) is 4.08. The van der Waals surface area contributed by atoms with Crippen LogP contribution in [0, 0.1) is 5.82 Å². The third-order valence-corrected chi connectivity index (χ3v) is 4.08. The Bertz CT molecular complexity index is 706. The fraction of sp³-hybridized carbons (Fsp3) is 0.316. The van der Waals surface area contributed by atoms with Crippen LogP contribution in [0.2, 0.25) is 0 Å². The van der Waals surface area contributed by atoms with Gasteiger partial charge in [0.25, 0.3) is 0 Å². The molecule has 0 saturated heterocycles. The van der Waals surface area contributed by atoms with Gasteiger partial charge in [-0.1, -0.05) is 24.3 Å². The van der Waals surface area contributed by atoms with E-state index in [0.29, 0.717) is 11.4 Å². The first kappa shape index (κ1) is 15.5. The van der Waals surface area contributed by atoms with Gasteiger partial charge in [-0.2, -0.15) is 0 Å². The van der Waals surface area contributed by atoms with Gasteiger partial charge in [0.15, 0.2) is 0 Å². The molecule has 1 N–H and O–H groups in total. The molecule has 1 aliphatic rings. The summed E-state index contributed by atoms with van der Waals surface area (Å²) < 4.78 is 18.8. The maximum atomic E-state index is 13.1. The lowest BCUT2D eigenvalue weighted by Crippen LogP contribution is -2.28. The molecule has 4 heteroatoms. The zero-order chi connectivity index (χ0) is 16.4. The summed E-state index contributed by atoms with van der Waals surface area (Å²) in [5.41, 5.74) is 0.983. The number of rotatable bonds is 5. The normalized spacial score (nSPS) is 15.3. The lowest BCUT2D eigenvalue weighted by molar-refractivity contribution is -0.118. The van der Waals surface area contributed by atoms with Crippen LogP contribution in [0.1, 0.15) is 32.3 Å². The minimum absolute atomic E-state index is 0.0278. The van der Waals surface area contributed by atoms with E-state index in [-0.39, 0.29) is 17.8 Å². The first-order valence-electron chi connectivity index (χ1n) is 7.84. The van der Waals surface area contributed by atoms with E-state index < -0.39 is 5.41 Å². The van der Waals surface area contributed by atoms with E-state index >= 15 is 0 Å². The predicted molar refractivity (Wildman–Crippen MR) is 88.1 cm³/mol. The van der Waals surface area contributed by atoms with Gasteiger partial charge in [0.1, 0.15) is 11.6 Å². The molecule has 0 radical (unpaired) electrons. The number of hydrogen-bond acceptors (Lipinski definition) is 2. The van der Waals surface area contributed by atoms with Crippen LogP contribution in [0.25, 0.3) is 0 Å². The molecule has 1 amide bonds. The maximum absolute atomic E-state index is 13.1. The standard InChI is InChI=1S/C19H20FNO2/c1-13(2)23-17-6-4-3-5-16(17)21-18(22)19(11-12-19)14-7-9-15(20)10-8-14/h3-10,13H,11-12H2,1-2H3,(H,21,22). The molecule has 0 atom stereocenters. The monoisotopic (exact) mass is 313 g/mol. The molecular weight excluding hydrogens is 293 g/mol. The number of benzene rings is 2. The molecule has 0 bridgehead atoms. The minimum Gasteiger partial charge on any atom is -0.489 e. The Morgan fingerprint density at radius 1 is 1.13 bits per heavy atom. The van der Waals surface area contributed by atoms with Crippen LogP contribution in [0.5, 0.6) is 5.75 Å². The molecule has 1 fully saturated rings. The van der Waals surface area contributed by atoms with Gasteiger partial charge < -0.3 is 10.1 Å². The highest BCUT2D eigenvalue weighted by molar-refractivity contribution is 6.02. The smallest absolute Gasteiger partial charge is 0.235 e. The van der Waals surface area contributed by atoms with Crippen LogP contribution >= 0.6 is 0 Å². The Labute approximate surface area is 135 Å². The molecule has 0 spiro atoms. The third kappa shape index (κ3) is 3.21. The second-order valence-electron chi connectivity index (χ2n) is 6.21. The number of amides is 1. The van der Waals surface area contributed by atoms with Crippen LogP contribution in [0.3, 0.4) is 0 Å². The van der Waals surface area contributed by atoms with Crippen LogP contribution in [-0.4, -0.2) is 12.0 Å². The fourth-order valence-corrected chi connectivity index (χ4v) is 2.71. The lowest BCUT2D eigenvalue weighted by atomic mass is 9.95. The van der Waals surface area contributed by atoms with Crippen molar-refractivity contribution in [3.63, 3.8) is 0 Å². The lowest BCUT2D eigenvalue weighted by Gasteiger charge is -2.19. The van der Waals surface area contributed by atoms with Gasteiger partial charge in [0.05, 0.1) is 17.2 Å². The number of halogens is 1. The molecule has 3 rings (SSSR count). The highest BCUT2D eigenvalue weighted by Gasteiger charge is 2.51. The van der Waals surface area contributed by atoms with Crippen LogP contribution in [-0.2, 0) is 10.2 Å². The van der Waals surface area contributed by atoms with Gasteiger partial charge >= 0.3 is 0 Å². The summed E-state index contributed by atoms with van der Waals surface area (Å²) >= 11 is 0. The zero-order valence-corrected chi connectivity index (χ0v) is 13.3. The summed E-state index contributed by atoms with van der Waals surface area (Å²) in [6.45, 7) is 3.89. The summed E-state index contributed by atoms with van der Waals surface area (Å²) in [7, 11) is 0. The Morgan fingerprint density at radius 3 is 2.39 bits per heavy atom. The Hall–Kier alpha value is -2.36. The van der Waals surface area contributed by atoms with Gasteiger partial charge in [-0.25, -0.2) is 4.39 Å². The van der Waals surface area contributed by atoms with E-state index in [1.807, 2.05) is 38.1 Å². The van der Waals surface area contributed by atoms with E-state index in [4.69, 9.17) is 4.74 Å². The molecule has 23 heavy (non-hydrogen) atoms. The van der Waals surface area contributed by atoms with Crippen molar-refractivity contribution in [1.82, 2.24) is 0 Å². The molecule has 3 nitrogen and oxygen atoms in total. The summed E-state index contributed by atoms with van der Waals surface area (Å²) in [6, 6.07) is 13.6. The molecule has 0 heterocycles. The van der Waals surface area contributed by atoms with Gasteiger partial charge in [-0.05, 0) is 56.5 Å². The van der Waals surface area contributed by atoms with Crippen molar-refractivity contribution in [2.24, 2.45) is 0 Å². The van der Waals surface area contributed by atoms with E-state index in [0.717, 1.165) is 18.4 Å². The Morgan fingerprint density at radius 2 is 1.78 bits per heavy atom. The van der Waals surface area contributed by atoms with Gasteiger partial charge in [0, 0.05) is 0 Å². The number of carbonyl (C=O) groups excluding carboxylic acids is 1. The van der Waals surface area contributed by atoms with Crippen molar-refractivity contribution in [1.29, 1.82) is 0 Å². The molecule has 1 saturated carbocycles. The second kappa shape index (κ2) is 6.03. The molecule has 2 aromatic carbocycles. The minimum atomic E-state index is -0.543. The number of carbonyl (C=O) groups is 1. The predicted octanol–water partition coefficient (Wildman–Crippen LogP) is 4.28. The SMILES string of the molecule is CC(C)Oc1ccccc1NC(=O)C1(c2ccc(F)cc2)CC1. The van der Waals surface area contributed by atoms with E-state index in [9.17, 15) is 9.18 Å². The summed E-state index contributed by atoms with van der Waals surface area (Å²) in [5.74, 6) is 0.301. The summed E-state index contributed by atoms with van der Waals surface area (Å²) in [5, 5.41) is 2.97. The van der Waals surface area contributed by atoms with Crippen molar-refractivity contribution < 1.29 is 13.9 Å². The molecule has 120 valence electrons. The van der Waals surface area contributed by atoms with Gasteiger partial charge in [-0.3, -0.25) is 4.79 Å². The molecular formula is C19H20FNO2. The van der Waals surface area contributed by atoms with Crippen molar-refractivity contribution in [2.45, 2.75) is 38.2 Å². The van der Waals surface area contributed by atoms with Crippen molar-refractivity contribution in [2.75, 3.05) is 5.32 Å². The highest BCUT2D eigenvalue weighted by atomic mass is 19.1. The Balaban J connectivity index is 1.81. The van der Waals surface area contributed by atoms with Crippen molar-refractivity contribution in [3.8, 4) is 5.75 Å². The second-order valence-corrected chi connectivity index (χ2v) is 6.21. The zero-order valence-electron chi connectivity index (χ0n) is 13.3. The average molecular weight is 313 g/mol. The number of ether oxygens (including phenoxy) is 1. The number of hydrogen-bond donors (Lipinski definition) is 1. The van der Waals surface area contributed by atoms with Crippen molar-refractivity contribution in [3.05, 3.63) is 59.9 Å². The molecule has 0 aromatic heterocycles. The van der Waals surface area contributed by atoms with Gasteiger partial charge in [-0.15, -0.1) is 0 Å². The fourth-order valence-electron chi connectivity index (χ4n) is 2.71. The molecule has 1 aliphatic carbocycles. The quantitative estimate of drug-likeness (QED) is 0.894. The van der Waals surface area contributed by atoms with E-state index in [1.165, 1.54) is 12.1 Å².